The lowest BCUT2D eigenvalue weighted by atomic mass is 9.89. The Morgan fingerprint density at radius 2 is 1.67 bits per heavy atom. The number of benzene rings is 4. The highest BCUT2D eigenvalue weighted by Crippen LogP contribution is 2.39. The third-order valence-electron chi connectivity index (χ3n) is 10.2. The van der Waals surface area contributed by atoms with Crippen LogP contribution in [0.1, 0.15) is 40.0 Å². The van der Waals surface area contributed by atoms with Crippen molar-refractivity contribution in [3.8, 4) is 16.9 Å². The second-order valence-electron chi connectivity index (χ2n) is 13.9. The number of hydrogen-bond donors (Lipinski definition) is 3. The number of primary amides is 1. The van der Waals surface area contributed by atoms with Gasteiger partial charge in [-0.3, -0.25) is 19.3 Å². The van der Waals surface area contributed by atoms with Crippen LogP contribution in [0.2, 0.25) is 0 Å². The number of ether oxygens (including phenoxy) is 1. The van der Waals surface area contributed by atoms with Crippen molar-refractivity contribution in [2.75, 3.05) is 52.3 Å². The highest BCUT2D eigenvalue weighted by atomic mass is 16.7. The predicted molar refractivity (Wildman–Crippen MR) is 200 cm³/mol. The largest absolute Gasteiger partial charge is 0.496 e. The predicted octanol–water partition coefficient (Wildman–Crippen LogP) is 4.09. The number of rotatable bonds is 12. The summed E-state index contributed by atoms with van der Waals surface area (Å²) in [5.74, 6) is -0.876. The van der Waals surface area contributed by atoms with E-state index in [0.29, 0.717) is 30.0 Å². The third kappa shape index (κ3) is 7.84. The molecule has 11 nitrogen and oxygen atoms in total. The van der Waals surface area contributed by atoms with Gasteiger partial charge >= 0.3 is 0 Å². The summed E-state index contributed by atoms with van der Waals surface area (Å²) in [4.78, 5) is 39.6. The van der Waals surface area contributed by atoms with E-state index in [9.17, 15) is 19.8 Å². The first-order valence-electron chi connectivity index (χ1n) is 17.7. The lowest BCUT2D eigenvalue weighted by molar-refractivity contribution is -0.181. The summed E-state index contributed by atoms with van der Waals surface area (Å²) in [6, 6.07) is 31.1. The Morgan fingerprint density at radius 3 is 2.31 bits per heavy atom. The lowest BCUT2D eigenvalue weighted by Gasteiger charge is -2.42. The van der Waals surface area contributed by atoms with Gasteiger partial charge in [0.15, 0.2) is 0 Å². The molecule has 4 N–H and O–H groups in total. The molecular formula is C41H49N5O6. The summed E-state index contributed by atoms with van der Waals surface area (Å²) in [7, 11) is 5.47. The van der Waals surface area contributed by atoms with E-state index in [1.165, 1.54) is 10.6 Å². The standard InChI is InChI=1S/C41H49N5O6/c1-27(48)37-36(26-47)52-46(38(37)40(42)49)24-30-16-11-17-34(39(30)51-4)31-20-32(22-33(21-31)43(2)3)41(50)45-19-18-44(23-28-12-7-5-8-13-28)25-35(45)29-14-9-6-10-15-29/h5-17,20-22,27,35-38,47-48H,18-19,23-26H2,1-4H3,(H2,42,49)/t27-,35?,36-,37+,38-/m0/s1. The van der Waals surface area contributed by atoms with Crippen LogP contribution in [0.4, 0.5) is 5.69 Å². The van der Waals surface area contributed by atoms with Crippen LogP contribution in [0.25, 0.3) is 11.1 Å². The van der Waals surface area contributed by atoms with Crippen molar-refractivity contribution in [1.29, 1.82) is 0 Å². The average Bonchev–Trinajstić information content (AvgIpc) is 3.54. The summed E-state index contributed by atoms with van der Waals surface area (Å²) in [6.07, 6.45) is -1.73. The number of amides is 2. The molecule has 0 saturated carbocycles. The molecule has 52 heavy (non-hydrogen) atoms. The molecule has 2 saturated heterocycles. The van der Waals surface area contributed by atoms with Gasteiger partial charge in [-0.1, -0.05) is 78.9 Å². The van der Waals surface area contributed by atoms with Crippen molar-refractivity contribution < 1.29 is 29.4 Å². The molecule has 4 aromatic rings. The smallest absolute Gasteiger partial charge is 0.254 e. The van der Waals surface area contributed by atoms with Crippen molar-refractivity contribution in [2.45, 2.75) is 44.3 Å². The fourth-order valence-corrected chi connectivity index (χ4v) is 7.59. The molecule has 2 aliphatic heterocycles. The Bertz CT molecular complexity index is 1840. The van der Waals surface area contributed by atoms with Crippen molar-refractivity contribution in [1.82, 2.24) is 14.9 Å². The van der Waals surface area contributed by atoms with Gasteiger partial charge in [0.1, 0.15) is 17.9 Å². The van der Waals surface area contributed by atoms with E-state index in [1.807, 2.05) is 84.6 Å². The second-order valence-corrected chi connectivity index (χ2v) is 13.9. The van der Waals surface area contributed by atoms with Crippen LogP contribution in [0, 0.1) is 5.92 Å². The summed E-state index contributed by atoms with van der Waals surface area (Å²) in [6.45, 7) is 4.12. The minimum Gasteiger partial charge on any atom is -0.496 e. The first-order valence-corrected chi connectivity index (χ1v) is 17.7. The highest BCUT2D eigenvalue weighted by Gasteiger charge is 2.48. The number of nitrogens with two attached hydrogens (primary N) is 1. The van der Waals surface area contributed by atoms with Crippen molar-refractivity contribution in [2.24, 2.45) is 11.7 Å². The Morgan fingerprint density at radius 1 is 0.962 bits per heavy atom. The highest BCUT2D eigenvalue weighted by molar-refractivity contribution is 5.97. The monoisotopic (exact) mass is 707 g/mol. The molecule has 2 fully saturated rings. The van der Waals surface area contributed by atoms with Crippen LogP contribution >= 0.6 is 0 Å². The molecule has 2 heterocycles. The van der Waals surface area contributed by atoms with Crippen molar-refractivity contribution in [3.63, 3.8) is 0 Å². The molecule has 274 valence electrons. The molecule has 5 atom stereocenters. The quantitative estimate of drug-likeness (QED) is 0.199. The van der Waals surface area contributed by atoms with Gasteiger partial charge in [0.05, 0.1) is 32.4 Å². The van der Waals surface area contributed by atoms with Crippen LogP contribution in [-0.2, 0) is 22.7 Å². The lowest BCUT2D eigenvalue weighted by Crippen LogP contribution is -2.50. The molecule has 2 amide bonds. The first kappa shape index (κ1) is 37.0. The number of methoxy groups -OCH3 is 1. The van der Waals surface area contributed by atoms with E-state index in [-0.39, 0.29) is 25.1 Å². The number of aliphatic hydroxyl groups is 2. The minimum absolute atomic E-state index is 0.0535. The molecule has 4 aromatic carbocycles. The number of para-hydroxylation sites is 1. The fraction of sp³-hybridized carbons (Fsp3) is 0.366. The summed E-state index contributed by atoms with van der Waals surface area (Å²) in [5.41, 5.74) is 11.8. The van der Waals surface area contributed by atoms with Crippen LogP contribution in [0.5, 0.6) is 5.75 Å². The van der Waals surface area contributed by atoms with Crippen molar-refractivity contribution >= 4 is 17.5 Å². The minimum atomic E-state index is -0.961. The molecular weight excluding hydrogens is 658 g/mol. The number of hydroxylamine groups is 2. The Labute approximate surface area is 305 Å². The maximum Gasteiger partial charge on any atom is 0.254 e. The number of nitrogens with zero attached hydrogens (tertiary/aromatic N) is 4. The van der Waals surface area contributed by atoms with Gasteiger partial charge in [-0.2, -0.15) is 5.06 Å². The molecule has 0 bridgehead atoms. The van der Waals surface area contributed by atoms with E-state index in [4.69, 9.17) is 15.3 Å². The van der Waals surface area contributed by atoms with E-state index < -0.39 is 30.1 Å². The van der Waals surface area contributed by atoms with Crippen LogP contribution < -0.4 is 15.4 Å². The second kappa shape index (κ2) is 16.3. The molecule has 0 aromatic heterocycles. The fourth-order valence-electron chi connectivity index (χ4n) is 7.59. The van der Waals surface area contributed by atoms with Crippen LogP contribution in [0.3, 0.4) is 0 Å². The number of piperazine rings is 1. The maximum atomic E-state index is 14.7. The molecule has 0 spiro atoms. The van der Waals surface area contributed by atoms with Crippen LogP contribution in [0.15, 0.2) is 97.1 Å². The number of aliphatic hydroxyl groups excluding tert-OH is 2. The third-order valence-corrected chi connectivity index (χ3v) is 10.2. The molecule has 0 aliphatic carbocycles. The maximum absolute atomic E-state index is 14.7. The van der Waals surface area contributed by atoms with E-state index in [0.717, 1.165) is 35.5 Å². The number of carbonyl (C=O) groups excluding carboxylic acids is 2. The van der Waals surface area contributed by atoms with E-state index >= 15 is 0 Å². The Hall–Kier alpha value is -4.78. The molecule has 1 unspecified atom stereocenters. The van der Waals surface area contributed by atoms with Gasteiger partial charge in [-0.15, -0.1) is 0 Å². The van der Waals surface area contributed by atoms with Gasteiger partial charge in [-0.25, -0.2) is 0 Å². The molecule has 11 heteroatoms. The summed E-state index contributed by atoms with van der Waals surface area (Å²) < 4.78 is 6.01. The SMILES string of the molecule is COc1c(CN2O[C@@H](CO)[C@@H]([C@H](C)O)[C@H]2C(N)=O)cccc1-c1cc(C(=O)N2CCN(Cc3ccccc3)CC2c2ccccc2)cc(N(C)C)c1. The zero-order valence-corrected chi connectivity index (χ0v) is 30.3. The van der Waals surface area contributed by atoms with Gasteiger partial charge < -0.3 is 30.5 Å². The normalized spacial score (nSPS) is 21.5. The molecule has 0 radical (unpaired) electrons. The first-order chi connectivity index (χ1) is 25.1. The van der Waals surface area contributed by atoms with Crippen molar-refractivity contribution in [3.05, 3.63) is 119 Å². The molecule has 6 rings (SSSR count). The van der Waals surface area contributed by atoms with Gasteiger partial charge in [0, 0.05) is 68.6 Å². The van der Waals surface area contributed by atoms with E-state index in [2.05, 4.69) is 41.3 Å². The Kier molecular flexibility index (Phi) is 11.6. The summed E-state index contributed by atoms with van der Waals surface area (Å²) >= 11 is 0. The Balaban J connectivity index is 1.33. The summed E-state index contributed by atoms with van der Waals surface area (Å²) in [5, 5.41) is 21.9. The number of anilines is 1. The number of carbonyl (C=O) groups is 2. The zero-order valence-electron chi connectivity index (χ0n) is 30.3. The average molecular weight is 708 g/mol. The van der Waals surface area contributed by atoms with Gasteiger partial charge in [0.25, 0.3) is 5.91 Å². The van der Waals surface area contributed by atoms with Crippen LogP contribution in [-0.4, -0.2) is 103 Å². The topological polar surface area (TPSA) is 132 Å². The molecule has 2 aliphatic rings. The number of hydrogen-bond acceptors (Lipinski definition) is 9. The van der Waals surface area contributed by atoms with Gasteiger partial charge in [0.2, 0.25) is 5.91 Å². The van der Waals surface area contributed by atoms with E-state index in [1.54, 1.807) is 14.0 Å². The zero-order chi connectivity index (χ0) is 36.9. The van der Waals surface area contributed by atoms with Gasteiger partial charge in [-0.05, 0) is 41.8 Å².